The molecule has 4 rings (SSSR count). The standard InChI is InChI=1S/C23H34N4O3/c1-24-23(25-11-15-29-17-19-6-5-14-30-19)27-16-18(20-7-2-3-8-21(20)27)10-13-26-12-4-9-22(26)28/h2-3,7-8,18-19H,4-6,9-17H2,1H3,(H,24,25). The van der Waals surface area contributed by atoms with E-state index in [0.29, 0.717) is 38.0 Å². The Kier molecular flexibility index (Phi) is 7.23. The van der Waals surface area contributed by atoms with Crippen LogP contribution in [-0.2, 0) is 14.3 Å². The highest BCUT2D eigenvalue weighted by atomic mass is 16.5. The van der Waals surface area contributed by atoms with E-state index in [9.17, 15) is 4.79 Å². The molecule has 0 bridgehead atoms. The van der Waals surface area contributed by atoms with Crippen LogP contribution in [0.2, 0.25) is 0 Å². The number of ether oxygens (including phenoxy) is 2. The summed E-state index contributed by atoms with van der Waals surface area (Å²) in [6.45, 7) is 5.52. The number of hydrogen-bond donors (Lipinski definition) is 1. The number of amides is 1. The van der Waals surface area contributed by atoms with Gasteiger partial charge in [0.05, 0.1) is 19.3 Å². The number of likely N-dealkylation sites (tertiary alicyclic amines) is 1. The number of carbonyl (C=O) groups is 1. The zero-order valence-electron chi connectivity index (χ0n) is 18.0. The lowest BCUT2D eigenvalue weighted by atomic mass is 9.98. The fourth-order valence-corrected chi connectivity index (χ4v) is 4.72. The second kappa shape index (κ2) is 10.3. The zero-order chi connectivity index (χ0) is 20.8. The molecule has 0 saturated carbocycles. The number of benzene rings is 1. The summed E-state index contributed by atoms with van der Waals surface area (Å²) in [5.41, 5.74) is 2.56. The summed E-state index contributed by atoms with van der Waals surface area (Å²) in [6.07, 6.45) is 5.19. The molecule has 2 unspecified atom stereocenters. The topological polar surface area (TPSA) is 66.4 Å². The maximum Gasteiger partial charge on any atom is 0.222 e. The van der Waals surface area contributed by atoms with Crippen LogP contribution in [0.25, 0.3) is 0 Å². The van der Waals surface area contributed by atoms with Crippen molar-refractivity contribution in [2.45, 2.75) is 44.1 Å². The van der Waals surface area contributed by atoms with E-state index in [4.69, 9.17) is 9.47 Å². The molecule has 7 nitrogen and oxygen atoms in total. The summed E-state index contributed by atoms with van der Waals surface area (Å²) in [5, 5.41) is 3.45. The van der Waals surface area contributed by atoms with Gasteiger partial charge in [0, 0.05) is 57.9 Å². The van der Waals surface area contributed by atoms with Gasteiger partial charge < -0.3 is 24.6 Å². The van der Waals surface area contributed by atoms with Gasteiger partial charge in [0.1, 0.15) is 0 Å². The van der Waals surface area contributed by atoms with Crippen molar-refractivity contribution >= 4 is 17.6 Å². The number of hydrogen-bond acceptors (Lipinski definition) is 4. The Balaban J connectivity index is 1.30. The van der Waals surface area contributed by atoms with Gasteiger partial charge >= 0.3 is 0 Å². The van der Waals surface area contributed by atoms with Crippen LogP contribution in [0, 0.1) is 0 Å². The molecule has 164 valence electrons. The smallest absolute Gasteiger partial charge is 0.222 e. The molecule has 3 aliphatic heterocycles. The first kappa shape index (κ1) is 21.1. The van der Waals surface area contributed by atoms with Crippen molar-refractivity contribution in [3.05, 3.63) is 29.8 Å². The van der Waals surface area contributed by atoms with Crippen LogP contribution in [0.4, 0.5) is 5.69 Å². The van der Waals surface area contributed by atoms with Gasteiger partial charge in [-0.1, -0.05) is 18.2 Å². The molecule has 1 amide bonds. The van der Waals surface area contributed by atoms with Crippen LogP contribution in [0.1, 0.15) is 43.6 Å². The Hall–Kier alpha value is -2.12. The molecule has 1 aromatic rings. The minimum Gasteiger partial charge on any atom is -0.377 e. The second-order valence-corrected chi connectivity index (χ2v) is 8.32. The van der Waals surface area contributed by atoms with Gasteiger partial charge in [0.15, 0.2) is 5.96 Å². The zero-order valence-corrected chi connectivity index (χ0v) is 18.0. The van der Waals surface area contributed by atoms with Crippen molar-refractivity contribution in [1.82, 2.24) is 10.2 Å². The molecule has 3 aliphatic rings. The third kappa shape index (κ3) is 4.95. The highest BCUT2D eigenvalue weighted by Crippen LogP contribution is 2.38. The quantitative estimate of drug-likeness (QED) is 0.402. The van der Waals surface area contributed by atoms with E-state index in [1.807, 2.05) is 11.9 Å². The average Bonchev–Trinajstić information content (AvgIpc) is 3.50. The molecular formula is C23H34N4O3. The van der Waals surface area contributed by atoms with Gasteiger partial charge in [-0.25, -0.2) is 0 Å². The highest BCUT2D eigenvalue weighted by Gasteiger charge is 2.32. The molecule has 1 aromatic carbocycles. The molecule has 30 heavy (non-hydrogen) atoms. The molecule has 1 N–H and O–H groups in total. The number of nitrogens with one attached hydrogen (secondary N) is 1. The maximum absolute atomic E-state index is 12.0. The number of nitrogens with zero attached hydrogens (tertiary/aromatic N) is 3. The number of fused-ring (bicyclic) bond motifs is 1. The Bertz CT molecular complexity index is 748. The van der Waals surface area contributed by atoms with Gasteiger partial charge in [0.2, 0.25) is 5.91 Å². The molecule has 0 aliphatic carbocycles. The van der Waals surface area contributed by atoms with E-state index >= 15 is 0 Å². The van der Waals surface area contributed by atoms with Crippen molar-refractivity contribution in [3.63, 3.8) is 0 Å². The van der Waals surface area contributed by atoms with Crippen molar-refractivity contribution in [2.24, 2.45) is 4.99 Å². The minimum absolute atomic E-state index is 0.262. The Morgan fingerprint density at radius 3 is 3.00 bits per heavy atom. The molecule has 3 heterocycles. The van der Waals surface area contributed by atoms with Gasteiger partial charge in [0.25, 0.3) is 0 Å². The van der Waals surface area contributed by atoms with E-state index in [1.54, 1.807) is 0 Å². The summed E-state index contributed by atoms with van der Waals surface area (Å²) in [5.74, 6) is 1.59. The molecule has 7 heteroatoms. The summed E-state index contributed by atoms with van der Waals surface area (Å²) in [6, 6.07) is 8.56. The first-order valence-corrected chi connectivity index (χ1v) is 11.3. The molecule has 2 fully saturated rings. The number of aliphatic imine (C=N–C) groups is 1. The fourth-order valence-electron chi connectivity index (χ4n) is 4.72. The number of carbonyl (C=O) groups excluding carboxylic acids is 1. The lowest BCUT2D eigenvalue weighted by Crippen LogP contribution is -2.42. The molecular weight excluding hydrogens is 380 g/mol. The monoisotopic (exact) mass is 414 g/mol. The van der Waals surface area contributed by atoms with Crippen LogP contribution in [0.3, 0.4) is 0 Å². The fraction of sp³-hybridized carbons (Fsp3) is 0.652. The van der Waals surface area contributed by atoms with Gasteiger partial charge in [-0.05, 0) is 37.3 Å². The highest BCUT2D eigenvalue weighted by molar-refractivity contribution is 5.98. The van der Waals surface area contributed by atoms with Crippen molar-refractivity contribution < 1.29 is 14.3 Å². The van der Waals surface area contributed by atoms with Crippen molar-refractivity contribution in [3.8, 4) is 0 Å². The molecule has 2 saturated heterocycles. The van der Waals surface area contributed by atoms with Crippen LogP contribution >= 0.6 is 0 Å². The van der Waals surface area contributed by atoms with Crippen LogP contribution in [-0.4, -0.2) is 75.9 Å². The molecule has 0 aromatic heterocycles. The predicted octanol–water partition coefficient (Wildman–Crippen LogP) is 2.37. The summed E-state index contributed by atoms with van der Waals surface area (Å²) >= 11 is 0. The summed E-state index contributed by atoms with van der Waals surface area (Å²) in [7, 11) is 1.83. The first-order valence-electron chi connectivity index (χ1n) is 11.3. The largest absolute Gasteiger partial charge is 0.377 e. The third-order valence-electron chi connectivity index (χ3n) is 6.31. The van der Waals surface area contributed by atoms with E-state index in [0.717, 1.165) is 57.9 Å². The van der Waals surface area contributed by atoms with E-state index < -0.39 is 0 Å². The second-order valence-electron chi connectivity index (χ2n) is 8.32. The third-order valence-corrected chi connectivity index (χ3v) is 6.31. The van der Waals surface area contributed by atoms with Gasteiger partial charge in [-0.2, -0.15) is 0 Å². The van der Waals surface area contributed by atoms with Crippen LogP contribution in [0.5, 0.6) is 0 Å². The van der Waals surface area contributed by atoms with E-state index in [1.165, 1.54) is 11.3 Å². The van der Waals surface area contributed by atoms with Crippen molar-refractivity contribution in [2.75, 3.05) is 57.9 Å². The molecule has 2 atom stereocenters. The average molecular weight is 415 g/mol. The number of anilines is 1. The summed E-state index contributed by atoms with van der Waals surface area (Å²) < 4.78 is 11.4. The van der Waals surface area contributed by atoms with E-state index in [-0.39, 0.29) is 6.10 Å². The Morgan fingerprint density at radius 1 is 1.33 bits per heavy atom. The van der Waals surface area contributed by atoms with E-state index in [2.05, 4.69) is 39.5 Å². The maximum atomic E-state index is 12.0. The molecule has 0 spiro atoms. The SMILES string of the molecule is CN=C(NCCOCC1CCCO1)N1CC(CCN2CCCC2=O)c2ccccc21. The minimum atomic E-state index is 0.262. The predicted molar refractivity (Wildman–Crippen MR) is 118 cm³/mol. The number of rotatable bonds is 8. The Labute approximate surface area is 179 Å². The lowest BCUT2D eigenvalue weighted by molar-refractivity contribution is -0.127. The normalized spacial score (nSPS) is 24.0. The van der Waals surface area contributed by atoms with Gasteiger partial charge in [-0.15, -0.1) is 0 Å². The first-order chi connectivity index (χ1) is 14.8. The van der Waals surface area contributed by atoms with Crippen LogP contribution in [0.15, 0.2) is 29.3 Å². The summed E-state index contributed by atoms with van der Waals surface area (Å²) in [4.78, 5) is 20.8. The lowest BCUT2D eigenvalue weighted by Gasteiger charge is -2.23. The van der Waals surface area contributed by atoms with Crippen molar-refractivity contribution in [1.29, 1.82) is 0 Å². The molecule has 0 radical (unpaired) electrons. The number of guanidine groups is 1. The Morgan fingerprint density at radius 2 is 2.23 bits per heavy atom. The van der Waals surface area contributed by atoms with Crippen LogP contribution < -0.4 is 10.2 Å². The van der Waals surface area contributed by atoms with Gasteiger partial charge in [-0.3, -0.25) is 9.79 Å². The number of para-hydroxylation sites is 1.